The van der Waals surface area contributed by atoms with Gasteiger partial charge < -0.3 is 19.6 Å². The monoisotopic (exact) mass is 265 g/mol. The second-order valence-electron chi connectivity index (χ2n) is 1.97. The van der Waals surface area contributed by atoms with E-state index in [1.165, 1.54) is 0 Å². The van der Waals surface area contributed by atoms with E-state index >= 15 is 0 Å². The molecule has 1 aliphatic heterocycles. The molecule has 1 saturated heterocycles. The Morgan fingerprint density at radius 1 is 1.36 bits per heavy atom. The Bertz CT molecular complexity index is 347. The van der Waals surface area contributed by atoms with Crippen molar-refractivity contribution in [2.45, 2.75) is 0 Å². The van der Waals surface area contributed by atoms with Gasteiger partial charge in [-0.2, -0.15) is 8.42 Å². The number of quaternary nitrogens is 1. The summed E-state index contributed by atoms with van der Waals surface area (Å²) >= 11 is -3.24. The summed E-state index contributed by atoms with van der Waals surface area (Å²) in [5.41, 5.74) is 0. The van der Waals surface area contributed by atoms with E-state index in [2.05, 4.69) is 9.70 Å². The zero-order valence-corrected chi connectivity index (χ0v) is 10.0. The summed E-state index contributed by atoms with van der Waals surface area (Å²) in [4.78, 5) is 0. The molecular weight excluding hydrogens is 257 g/mol. The molecule has 0 spiro atoms. The summed E-state index contributed by atoms with van der Waals surface area (Å²) in [7, 11) is -5.01. The maximum Gasteiger partial charge on any atom is 0.953 e. The van der Waals surface area contributed by atoms with E-state index in [9.17, 15) is 21.4 Å². The van der Waals surface area contributed by atoms with Crippen molar-refractivity contribution in [2.24, 2.45) is 0 Å². The average Bonchev–Trinajstić information content (AvgIpc) is 1.80. The topological polar surface area (TPSA) is 136 Å². The van der Waals surface area contributed by atoms with Gasteiger partial charge in [0, 0.05) is 0 Å². The lowest BCUT2D eigenvalue weighted by Gasteiger charge is -2.20. The molecule has 0 radical (unpaired) electrons. The first kappa shape index (κ1) is 14.2. The largest absolute Gasteiger partial charge is 0.953 e. The van der Waals surface area contributed by atoms with Crippen LogP contribution in [0.4, 0.5) is 0 Å². The van der Waals surface area contributed by atoms with Crippen LogP contribution in [0.15, 0.2) is 0 Å². The molecule has 0 unspecified atom stereocenters. The van der Waals surface area contributed by atoms with Crippen LogP contribution in [0.2, 0.25) is 0 Å². The summed E-state index contributed by atoms with van der Waals surface area (Å²) in [5.74, 6) is 0. The molecular formula is C2H8AlNO8S2. The van der Waals surface area contributed by atoms with Gasteiger partial charge in [0.1, 0.15) is 0 Å². The van der Waals surface area contributed by atoms with Gasteiger partial charge in [0.15, 0.2) is 10.4 Å². The lowest BCUT2D eigenvalue weighted by Crippen LogP contribution is -2.74. The van der Waals surface area contributed by atoms with Crippen molar-refractivity contribution in [3.05, 3.63) is 0 Å². The molecule has 1 aliphatic rings. The minimum Gasteiger partial charge on any atom is -0.727 e. The van der Waals surface area contributed by atoms with Crippen LogP contribution in [0.3, 0.4) is 0 Å². The molecule has 1 rings (SSSR count). The Balaban J connectivity index is 0.000000500. The molecule has 0 amide bonds. The molecule has 1 heterocycles. The first-order chi connectivity index (χ1) is 6.20. The SMILES string of the molecule is C[NH2+]C.O=S(=O)([O-])[O][Al]1[O]S(=O)(=O)[O]1. The van der Waals surface area contributed by atoms with Gasteiger partial charge >= 0.3 is 25.5 Å². The van der Waals surface area contributed by atoms with Crippen LogP contribution in [0.1, 0.15) is 0 Å². The number of hydrogen-bond donors (Lipinski definition) is 1. The quantitative estimate of drug-likeness (QED) is 0.309. The number of rotatable bonds is 2. The van der Waals surface area contributed by atoms with Gasteiger partial charge in [-0.1, -0.05) is 0 Å². The van der Waals surface area contributed by atoms with Crippen molar-refractivity contribution in [1.82, 2.24) is 0 Å². The van der Waals surface area contributed by atoms with Crippen molar-refractivity contribution >= 4 is 35.9 Å². The van der Waals surface area contributed by atoms with Crippen LogP contribution in [-0.2, 0) is 30.5 Å². The molecule has 14 heavy (non-hydrogen) atoms. The normalized spacial score (nSPS) is 19.2. The molecule has 0 saturated carbocycles. The molecule has 1 fully saturated rings. The molecule has 9 nitrogen and oxygen atoms in total. The molecule has 84 valence electrons. The zero-order valence-electron chi connectivity index (χ0n) is 7.24. The lowest BCUT2D eigenvalue weighted by molar-refractivity contribution is -0.597. The Morgan fingerprint density at radius 2 is 1.71 bits per heavy atom. The second-order valence-corrected chi connectivity index (χ2v) is 6.49. The highest BCUT2D eigenvalue weighted by Crippen LogP contribution is 2.16. The fourth-order valence-corrected chi connectivity index (χ4v) is 3.53. The molecule has 0 aromatic heterocycles. The fraction of sp³-hybridized carbons (Fsp3) is 1.00. The van der Waals surface area contributed by atoms with E-state index in [-0.39, 0.29) is 0 Å². The fourth-order valence-electron chi connectivity index (χ4n) is 0.328. The van der Waals surface area contributed by atoms with E-state index in [0.29, 0.717) is 0 Å². The highest BCUT2D eigenvalue weighted by atomic mass is 32.3. The first-order valence-corrected chi connectivity index (χ1v) is 7.28. The molecule has 2 N–H and O–H groups in total. The molecule has 0 aromatic rings. The van der Waals surface area contributed by atoms with Crippen LogP contribution in [0, 0.1) is 0 Å². The summed E-state index contributed by atoms with van der Waals surface area (Å²) in [5, 5.41) is 2.00. The summed E-state index contributed by atoms with van der Waals surface area (Å²) < 4.78 is 60.4. The van der Waals surface area contributed by atoms with Crippen LogP contribution >= 0.6 is 0 Å². The van der Waals surface area contributed by atoms with Crippen LogP contribution < -0.4 is 5.32 Å². The standard InChI is InChI=1S/C2H7N.Al.2H2O4S/c1-3-2;;2*1-5(2,3)4/h3H,1-2H3;;2*(H2,1,2,3,4)/q;+3;;/p-3. The van der Waals surface area contributed by atoms with Gasteiger partial charge in [0.2, 0.25) is 0 Å². The van der Waals surface area contributed by atoms with Crippen LogP contribution in [0.5, 0.6) is 0 Å². The van der Waals surface area contributed by atoms with E-state index in [1.807, 2.05) is 19.4 Å². The third kappa shape index (κ3) is 6.65. The van der Waals surface area contributed by atoms with E-state index in [0.717, 1.165) is 0 Å². The van der Waals surface area contributed by atoms with Gasteiger partial charge in [-0.05, 0) is 0 Å². The molecule has 0 aromatic carbocycles. The number of hydrogen-bond acceptors (Lipinski definition) is 8. The van der Waals surface area contributed by atoms with Gasteiger partial charge in [0.25, 0.3) is 0 Å². The van der Waals surface area contributed by atoms with Crippen molar-refractivity contribution in [3.63, 3.8) is 0 Å². The van der Waals surface area contributed by atoms with Gasteiger partial charge in [-0.25, -0.2) is 8.42 Å². The Labute approximate surface area is 86.6 Å². The number of nitrogens with two attached hydrogens (primary N) is 1. The highest BCUT2D eigenvalue weighted by Gasteiger charge is 2.54. The predicted octanol–water partition coefficient (Wildman–Crippen LogP) is -3.45. The summed E-state index contributed by atoms with van der Waals surface area (Å²) in [6.45, 7) is 0. The Morgan fingerprint density at radius 3 is 1.93 bits per heavy atom. The van der Waals surface area contributed by atoms with Crippen molar-refractivity contribution in [3.8, 4) is 0 Å². The first-order valence-electron chi connectivity index (χ1n) is 3.20. The summed E-state index contributed by atoms with van der Waals surface area (Å²) in [6, 6.07) is 0. The van der Waals surface area contributed by atoms with Crippen molar-refractivity contribution in [1.29, 1.82) is 0 Å². The zero-order chi connectivity index (χ0) is 11.4. The molecule has 0 aliphatic carbocycles. The summed E-state index contributed by atoms with van der Waals surface area (Å²) in [6.07, 6.45) is 0. The smallest absolute Gasteiger partial charge is 0.727 e. The average molecular weight is 265 g/mol. The molecule has 0 atom stereocenters. The third-order valence-corrected chi connectivity index (χ3v) is 5.30. The Hall–Kier alpha value is 0.232. The van der Waals surface area contributed by atoms with Crippen molar-refractivity contribution < 1.29 is 36.4 Å². The van der Waals surface area contributed by atoms with E-state index in [1.54, 1.807) is 0 Å². The molecule has 0 bridgehead atoms. The minimum atomic E-state index is -4.94. The van der Waals surface area contributed by atoms with Gasteiger partial charge in [-0.3, -0.25) is 0 Å². The van der Waals surface area contributed by atoms with E-state index in [4.69, 9.17) is 0 Å². The maximum absolute atomic E-state index is 10.00. The Kier molecular flexibility index (Phi) is 5.44. The highest BCUT2D eigenvalue weighted by molar-refractivity contribution is 7.87. The van der Waals surface area contributed by atoms with Crippen LogP contribution in [0.25, 0.3) is 0 Å². The maximum atomic E-state index is 10.00. The van der Waals surface area contributed by atoms with E-state index < -0.39 is 35.9 Å². The third-order valence-electron chi connectivity index (χ3n) is 0.589. The van der Waals surface area contributed by atoms with Crippen molar-refractivity contribution in [2.75, 3.05) is 14.1 Å². The minimum absolute atomic E-state index is 2.00. The van der Waals surface area contributed by atoms with Crippen LogP contribution in [-0.4, -0.2) is 50.6 Å². The van der Waals surface area contributed by atoms with Gasteiger partial charge in [0.05, 0.1) is 14.1 Å². The lowest BCUT2D eigenvalue weighted by atomic mass is 11.3. The predicted molar refractivity (Wildman–Crippen MR) is 41.4 cm³/mol. The second kappa shape index (κ2) is 5.35. The van der Waals surface area contributed by atoms with Gasteiger partial charge in [-0.15, -0.1) is 0 Å². The molecule has 12 heteroatoms.